The number of hydrogen-bond acceptors (Lipinski definition) is 6. The summed E-state index contributed by atoms with van der Waals surface area (Å²) in [6, 6.07) is 3.93. The Hall–Kier alpha value is -3.51. The summed E-state index contributed by atoms with van der Waals surface area (Å²) in [7, 11) is 1.63. The first kappa shape index (κ1) is 30.9. The van der Waals surface area contributed by atoms with Gasteiger partial charge in [-0.3, -0.25) is 18.7 Å². The Balaban J connectivity index is 1.29. The Labute approximate surface area is 258 Å². The molecule has 2 aromatic rings. The van der Waals surface area contributed by atoms with Crippen molar-refractivity contribution >= 4 is 35.3 Å². The van der Waals surface area contributed by atoms with E-state index in [0.29, 0.717) is 38.2 Å². The van der Waals surface area contributed by atoms with Crippen LogP contribution < -0.4 is 16.6 Å². The molecule has 1 N–H and O–H groups in total. The molecule has 43 heavy (non-hydrogen) atoms. The molecule has 0 bridgehead atoms. The van der Waals surface area contributed by atoms with Crippen LogP contribution in [0.2, 0.25) is 5.02 Å². The molecule has 5 rings (SSSR count). The molecule has 3 heterocycles. The van der Waals surface area contributed by atoms with Gasteiger partial charge in [-0.2, -0.15) is 11.8 Å². The number of piperidine rings is 1. The van der Waals surface area contributed by atoms with Gasteiger partial charge in [0.1, 0.15) is 18.1 Å². The standard InChI is InChI=1S/C30H35ClFN5O5S/c1-42-21-6-7-25-19(16-21)8-13-36(29(40)33-25)20-9-11-34(12-10-20)26(38)18-35-17-23(22-4-3-5-24(32)27(22)31)28(39)37(30(35)41)14-15-43-2/h3-7,16-17,19-20,25H,8-15,18H2,1-2H3,(H,33,40). The van der Waals surface area contributed by atoms with E-state index in [0.717, 1.165) is 16.7 Å². The molecule has 2 atom stereocenters. The van der Waals surface area contributed by atoms with Crippen LogP contribution in [0.25, 0.3) is 11.1 Å². The van der Waals surface area contributed by atoms with Crippen LogP contribution in [0.15, 0.2) is 58.0 Å². The number of nitrogens with one attached hydrogen (secondary N) is 1. The SMILES string of the molecule is COC1=CC2CCN(C3CCN(C(=O)Cn4cc(-c5cccc(F)c5Cl)c(=O)n(CCSC)c4=O)CC3)C(=O)NC2C=C1. The third kappa shape index (κ3) is 6.54. The minimum atomic E-state index is -0.685. The minimum Gasteiger partial charge on any atom is -0.497 e. The van der Waals surface area contributed by atoms with Crippen molar-refractivity contribution in [2.24, 2.45) is 5.92 Å². The van der Waals surface area contributed by atoms with E-state index >= 15 is 0 Å². The fraction of sp³-hybridized carbons (Fsp3) is 0.467. The quantitative estimate of drug-likeness (QED) is 0.479. The second kappa shape index (κ2) is 13.4. The molecule has 10 nitrogen and oxygen atoms in total. The largest absolute Gasteiger partial charge is 0.497 e. The van der Waals surface area contributed by atoms with Crippen LogP contribution in [-0.2, 0) is 22.6 Å². The number of hydrogen-bond donors (Lipinski definition) is 1. The van der Waals surface area contributed by atoms with Gasteiger partial charge in [0.25, 0.3) is 5.56 Å². The summed E-state index contributed by atoms with van der Waals surface area (Å²) in [6.45, 7) is 1.31. The average Bonchev–Trinajstić information content (AvgIpc) is 3.17. The second-order valence-corrected chi connectivity index (χ2v) is 12.2. The third-order valence-electron chi connectivity index (χ3n) is 8.36. The van der Waals surface area contributed by atoms with Gasteiger partial charge in [-0.1, -0.05) is 29.8 Å². The predicted octanol–water partition coefficient (Wildman–Crippen LogP) is 3.32. The van der Waals surface area contributed by atoms with Gasteiger partial charge in [0.2, 0.25) is 5.91 Å². The zero-order valence-electron chi connectivity index (χ0n) is 24.1. The highest BCUT2D eigenvalue weighted by molar-refractivity contribution is 7.98. The van der Waals surface area contributed by atoms with Gasteiger partial charge < -0.3 is 19.9 Å². The summed E-state index contributed by atoms with van der Waals surface area (Å²) in [5.41, 5.74) is -0.990. The van der Waals surface area contributed by atoms with Crippen LogP contribution in [0.4, 0.5) is 9.18 Å². The van der Waals surface area contributed by atoms with Gasteiger partial charge in [-0.15, -0.1) is 0 Å². The molecule has 13 heteroatoms. The zero-order chi connectivity index (χ0) is 30.7. The van der Waals surface area contributed by atoms with E-state index in [-0.39, 0.29) is 59.2 Å². The maximum absolute atomic E-state index is 14.2. The number of amides is 3. The molecule has 1 aromatic carbocycles. The predicted molar refractivity (Wildman–Crippen MR) is 165 cm³/mol. The topological polar surface area (TPSA) is 106 Å². The molecule has 0 spiro atoms. The first-order chi connectivity index (χ1) is 20.7. The smallest absolute Gasteiger partial charge is 0.331 e. The summed E-state index contributed by atoms with van der Waals surface area (Å²) in [5, 5.41) is 2.89. The van der Waals surface area contributed by atoms with Gasteiger partial charge in [0.15, 0.2) is 0 Å². The van der Waals surface area contributed by atoms with Crippen molar-refractivity contribution in [2.75, 3.05) is 38.8 Å². The number of rotatable bonds is 8. The van der Waals surface area contributed by atoms with Gasteiger partial charge >= 0.3 is 11.7 Å². The number of aromatic nitrogens is 2. The van der Waals surface area contributed by atoms with Crippen molar-refractivity contribution in [1.82, 2.24) is 24.3 Å². The molecule has 1 aromatic heterocycles. The Morgan fingerprint density at radius 1 is 1.14 bits per heavy atom. The van der Waals surface area contributed by atoms with Crippen LogP contribution in [0.3, 0.4) is 0 Å². The Bertz CT molecular complexity index is 1560. The van der Waals surface area contributed by atoms with E-state index in [9.17, 15) is 23.6 Å². The number of benzene rings is 1. The van der Waals surface area contributed by atoms with E-state index in [1.165, 1.54) is 40.7 Å². The molecular formula is C30H35ClFN5O5S. The van der Waals surface area contributed by atoms with Crippen LogP contribution in [0, 0.1) is 11.7 Å². The van der Waals surface area contributed by atoms with E-state index < -0.39 is 17.1 Å². The molecule has 230 valence electrons. The number of carbonyl (C=O) groups excluding carboxylic acids is 2. The van der Waals surface area contributed by atoms with Crippen LogP contribution in [0.1, 0.15) is 19.3 Å². The van der Waals surface area contributed by atoms with Crippen molar-refractivity contribution in [3.63, 3.8) is 0 Å². The normalized spacial score (nSPS) is 20.7. The lowest BCUT2D eigenvalue weighted by Crippen LogP contribution is -2.52. The summed E-state index contributed by atoms with van der Waals surface area (Å²) in [4.78, 5) is 56.6. The van der Waals surface area contributed by atoms with Crippen LogP contribution >= 0.6 is 23.4 Å². The summed E-state index contributed by atoms with van der Waals surface area (Å²) in [5.74, 6) is 0.486. The lowest BCUT2D eigenvalue weighted by atomic mass is 9.91. The number of ether oxygens (including phenoxy) is 1. The first-order valence-corrected chi connectivity index (χ1v) is 16.1. The number of halogens is 2. The van der Waals surface area contributed by atoms with Crippen molar-refractivity contribution in [3.8, 4) is 11.1 Å². The molecule has 0 saturated carbocycles. The maximum Gasteiger partial charge on any atom is 0.331 e. The van der Waals surface area contributed by atoms with Gasteiger partial charge in [0.05, 0.1) is 23.7 Å². The Morgan fingerprint density at radius 2 is 1.91 bits per heavy atom. The molecule has 3 aliphatic rings. The highest BCUT2D eigenvalue weighted by atomic mass is 35.5. The zero-order valence-corrected chi connectivity index (χ0v) is 25.7. The summed E-state index contributed by atoms with van der Waals surface area (Å²) < 4.78 is 21.9. The fourth-order valence-electron chi connectivity index (χ4n) is 5.94. The number of thioether (sulfide) groups is 1. The third-order valence-corrected chi connectivity index (χ3v) is 9.33. The van der Waals surface area contributed by atoms with Gasteiger partial charge in [0, 0.05) is 55.7 Å². The monoisotopic (exact) mass is 631 g/mol. The van der Waals surface area contributed by atoms with E-state index in [4.69, 9.17) is 16.3 Å². The fourth-order valence-corrected chi connectivity index (χ4v) is 6.54. The average molecular weight is 632 g/mol. The lowest BCUT2D eigenvalue weighted by Gasteiger charge is -2.38. The second-order valence-electron chi connectivity index (χ2n) is 10.9. The van der Waals surface area contributed by atoms with Crippen molar-refractivity contribution in [1.29, 1.82) is 0 Å². The molecule has 2 fully saturated rings. The minimum absolute atomic E-state index is 0.0167. The number of nitrogens with zero attached hydrogens (tertiary/aromatic N) is 4. The number of carbonyl (C=O) groups is 2. The number of allylic oxidation sites excluding steroid dienone is 1. The summed E-state index contributed by atoms with van der Waals surface area (Å²) in [6.07, 6.45) is 11.1. The maximum atomic E-state index is 14.2. The van der Waals surface area contributed by atoms with Crippen molar-refractivity contribution in [3.05, 3.63) is 80.1 Å². The number of likely N-dealkylation sites (tertiary alicyclic amines) is 1. The number of urea groups is 1. The first-order valence-electron chi connectivity index (χ1n) is 14.3. The van der Waals surface area contributed by atoms with Crippen LogP contribution in [0.5, 0.6) is 0 Å². The van der Waals surface area contributed by atoms with Gasteiger partial charge in [-0.25, -0.2) is 14.0 Å². The lowest BCUT2D eigenvalue weighted by molar-refractivity contribution is -0.133. The van der Waals surface area contributed by atoms with E-state index in [2.05, 4.69) is 11.4 Å². The van der Waals surface area contributed by atoms with E-state index in [1.54, 1.807) is 12.0 Å². The van der Waals surface area contributed by atoms with Crippen LogP contribution in [-0.4, -0.2) is 81.7 Å². The molecule has 1 aliphatic carbocycles. The number of methoxy groups -OCH3 is 1. The van der Waals surface area contributed by atoms with Crippen molar-refractivity contribution < 1.29 is 18.7 Å². The molecule has 2 saturated heterocycles. The molecule has 3 amide bonds. The van der Waals surface area contributed by atoms with Crippen molar-refractivity contribution in [2.45, 2.75) is 44.4 Å². The molecular weight excluding hydrogens is 597 g/mol. The molecule has 0 radical (unpaired) electrons. The Kier molecular flexibility index (Phi) is 9.65. The highest BCUT2D eigenvalue weighted by Gasteiger charge is 2.35. The summed E-state index contributed by atoms with van der Waals surface area (Å²) >= 11 is 7.66. The van der Waals surface area contributed by atoms with Gasteiger partial charge in [-0.05, 0) is 43.7 Å². The Morgan fingerprint density at radius 3 is 2.63 bits per heavy atom. The van der Waals surface area contributed by atoms with E-state index in [1.807, 2.05) is 23.3 Å². The molecule has 2 aliphatic heterocycles. The highest BCUT2D eigenvalue weighted by Crippen LogP contribution is 2.28. The number of fused-ring (bicyclic) bond motifs is 1. The molecule has 2 unspecified atom stereocenters.